The van der Waals surface area contributed by atoms with Gasteiger partial charge in [0.2, 0.25) is 0 Å². The molecule has 0 spiro atoms. The Hall–Kier alpha value is 0.532. The molecule has 0 saturated carbocycles. The predicted octanol–water partition coefficient (Wildman–Crippen LogP) is 7.03. The van der Waals surface area contributed by atoms with Gasteiger partial charge in [0.25, 0.3) is 0 Å². The fourth-order valence-electron chi connectivity index (χ4n) is 2.69. The van der Waals surface area contributed by atoms with Crippen molar-refractivity contribution in [2.75, 3.05) is 0 Å². The Morgan fingerprint density at radius 3 is 1.21 bits per heavy atom. The predicted molar refractivity (Wildman–Crippen MR) is 91.4 cm³/mol. The van der Waals surface area contributed by atoms with Crippen LogP contribution in [0.15, 0.2) is 0 Å². The first-order valence-electron chi connectivity index (χ1n) is 9.23. The van der Waals surface area contributed by atoms with Gasteiger partial charge in [-0.2, -0.15) is 0 Å². The second-order valence-corrected chi connectivity index (χ2v) is 8.05. The minimum atomic E-state index is 0.793. The molecule has 19 heavy (non-hydrogen) atoms. The Labute approximate surface area is 129 Å². The number of unbranched alkanes of at least 4 members (excludes halogenated alkanes) is 13. The number of rotatable bonds is 16. The molecule has 0 radical (unpaired) electrons. The van der Waals surface area contributed by atoms with Crippen LogP contribution in [0.4, 0.5) is 0 Å². The van der Waals surface area contributed by atoms with Gasteiger partial charge in [-0.15, -0.1) is 0 Å². The van der Waals surface area contributed by atoms with E-state index in [0.717, 1.165) is 15.2 Å². The second-order valence-electron chi connectivity index (χ2n) is 6.08. The Morgan fingerprint density at radius 2 is 0.842 bits per heavy atom. The molecule has 0 aliphatic rings. The molecule has 112 valence electrons. The molecule has 0 aromatic carbocycles. The van der Waals surface area contributed by atoms with E-state index in [0.29, 0.717) is 0 Å². The monoisotopic (exact) mass is 281 g/mol. The van der Waals surface area contributed by atoms with Crippen molar-refractivity contribution in [1.82, 2.24) is 0 Å². The van der Waals surface area contributed by atoms with Gasteiger partial charge in [-0.25, -0.2) is 0 Å². The second kappa shape index (κ2) is 18.5. The molecule has 0 unspecified atom stereocenters. The summed E-state index contributed by atoms with van der Waals surface area (Å²) in [7, 11) is 0. The summed E-state index contributed by atoms with van der Waals surface area (Å²) in [5.74, 6) is 0. The molecule has 0 bridgehead atoms. The van der Waals surface area contributed by atoms with E-state index in [1.54, 1.807) is 5.28 Å². The summed E-state index contributed by atoms with van der Waals surface area (Å²) in [6.45, 7) is 4.63. The zero-order valence-electron chi connectivity index (χ0n) is 13.9. The van der Waals surface area contributed by atoms with Crippen LogP contribution in [0.25, 0.3) is 0 Å². The van der Waals surface area contributed by atoms with E-state index in [9.17, 15) is 0 Å². The summed E-state index contributed by atoms with van der Waals surface area (Å²) in [5, 5.41) is 3.01. The molecular weight excluding hydrogens is 243 g/mol. The zero-order valence-corrected chi connectivity index (χ0v) is 15.0. The average molecular weight is 281 g/mol. The van der Waals surface area contributed by atoms with E-state index in [1.165, 1.54) is 95.2 Å². The molecule has 0 aromatic heterocycles. The fraction of sp³-hybridized carbons (Fsp3) is 1.00. The van der Waals surface area contributed by atoms with E-state index in [4.69, 9.17) is 0 Å². The molecule has 0 aromatic rings. The van der Waals surface area contributed by atoms with E-state index in [-0.39, 0.29) is 0 Å². The van der Waals surface area contributed by atoms with Crippen LogP contribution in [0.1, 0.15) is 104 Å². The summed E-state index contributed by atoms with van der Waals surface area (Å²) < 4.78 is 0. The summed E-state index contributed by atoms with van der Waals surface area (Å²) in [6, 6.07) is 0. The molecule has 0 nitrogen and oxygen atoms in total. The molecule has 0 heterocycles. The van der Waals surface area contributed by atoms with Crippen molar-refractivity contribution in [3.05, 3.63) is 0 Å². The van der Waals surface area contributed by atoms with Gasteiger partial charge in [0.1, 0.15) is 0 Å². The van der Waals surface area contributed by atoms with Crippen LogP contribution in [0.3, 0.4) is 0 Å². The summed E-state index contributed by atoms with van der Waals surface area (Å²) in [5.41, 5.74) is 0. The normalized spacial score (nSPS) is 10.6. The minimum absolute atomic E-state index is 0.793. The van der Waals surface area contributed by atoms with Crippen LogP contribution in [0, 0.1) is 0 Å². The maximum absolute atomic E-state index is 2.33. The SMILES string of the molecule is CCCCCCCCCCCCCCC[CH2][Al+][CH2]C. The van der Waals surface area contributed by atoms with Crippen molar-refractivity contribution in [3.8, 4) is 0 Å². The first-order chi connectivity index (χ1) is 9.41. The average Bonchev–Trinajstić information content (AvgIpc) is 2.43. The fourth-order valence-corrected chi connectivity index (χ4v) is 3.67. The van der Waals surface area contributed by atoms with E-state index in [1.807, 2.05) is 0 Å². The quantitative estimate of drug-likeness (QED) is 0.210. The van der Waals surface area contributed by atoms with Crippen molar-refractivity contribution in [1.29, 1.82) is 0 Å². The first-order valence-corrected chi connectivity index (χ1v) is 10.9. The topological polar surface area (TPSA) is 0 Å². The Kier molecular flexibility index (Phi) is 19.1. The van der Waals surface area contributed by atoms with Gasteiger partial charge in [0.05, 0.1) is 0 Å². The van der Waals surface area contributed by atoms with Crippen LogP contribution >= 0.6 is 0 Å². The molecule has 0 amide bonds. The van der Waals surface area contributed by atoms with Gasteiger partial charge in [-0.3, -0.25) is 0 Å². The third kappa shape index (κ3) is 18.5. The van der Waals surface area contributed by atoms with Gasteiger partial charge in [0, 0.05) is 0 Å². The molecule has 0 saturated heterocycles. The van der Waals surface area contributed by atoms with E-state index < -0.39 is 0 Å². The molecule has 0 rings (SSSR count). The van der Waals surface area contributed by atoms with Crippen molar-refractivity contribution in [2.45, 2.75) is 114 Å². The van der Waals surface area contributed by atoms with Crippen LogP contribution in [0.2, 0.25) is 10.6 Å². The Bertz CT molecular complexity index is 129. The van der Waals surface area contributed by atoms with Crippen molar-refractivity contribution in [3.63, 3.8) is 0 Å². The van der Waals surface area contributed by atoms with Gasteiger partial charge in [-0.1, -0.05) is 26.2 Å². The van der Waals surface area contributed by atoms with Crippen molar-refractivity contribution in [2.24, 2.45) is 0 Å². The van der Waals surface area contributed by atoms with Gasteiger partial charge in [0.15, 0.2) is 0 Å². The summed E-state index contributed by atoms with van der Waals surface area (Å²) in [4.78, 5) is 0. The number of hydrogen-bond acceptors (Lipinski definition) is 0. The molecule has 0 aliphatic carbocycles. The van der Waals surface area contributed by atoms with E-state index in [2.05, 4.69) is 13.8 Å². The zero-order chi connectivity index (χ0) is 14.0. The van der Waals surface area contributed by atoms with Gasteiger partial charge < -0.3 is 0 Å². The Morgan fingerprint density at radius 1 is 0.474 bits per heavy atom. The van der Waals surface area contributed by atoms with Gasteiger partial charge in [-0.05, 0) is 0 Å². The van der Waals surface area contributed by atoms with Crippen LogP contribution < -0.4 is 0 Å². The first kappa shape index (κ1) is 19.5. The standard InChI is InChI=1S/C16H33.C2H5.Al/c1-3-5-7-9-11-13-15-16-14-12-10-8-6-4-2;1-2;/h1,3-16H2,2H3;1H2,2H3;/q;;+1. The van der Waals surface area contributed by atoms with E-state index >= 15 is 0 Å². The molecule has 0 atom stereocenters. The van der Waals surface area contributed by atoms with Crippen LogP contribution in [-0.4, -0.2) is 15.2 Å². The van der Waals surface area contributed by atoms with Crippen molar-refractivity contribution < 1.29 is 0 Å². The summed E-state index contributed by atoms with van der Waals surface area (Å²) in [6.07, 6.45) is 20.7. The maximum atomic E-state index is 2.33. The third-order valence-corrected chi connectivity index (χ3v) is 5.44. The molecule has 1 heteroatoms. The molecular formula is C18H38Al+. The molecule has 0 N–H and O–H groups in total. The van der Waals surface area contributed by atoms with Crippen LogP contribution in [-0.2, 0) is 0 Å². The molecule has 0 aliphatic heterocycles. The van der Waals surface area contributed by atoms with Gasteiger partial charge >= 0.3 is 103 Å². The Balaban J connectivity index is 2.88. The summed E-state index contributed by atoms with van der Waals surface area (Å²) >= 11 is 0.793. The third-order valence-electron chi connectivity index (χ3n) is 4.05. The molecule has 0 fully saturated rings. The number of hydrogen-bond donors (Lipinski definition) is 0. The van der Waals surface area contributed by atoms with Crippen LogP contribution in [0.5, 0.6) is 0 Å². The van der Waals surface area contributed by atoms with Crippen molar-refractivity contribution >= 4 is 15.2 Å².